The molecule has 0 spiro atoms. The van der Waals surface area contributed by atoms with Crippen molar-refractivity contribution in [2.75, 3.05) is 6.61 Å². The number of aryl methyl sites for hydroxylation is 1. The molecule has 0 saturated heterocycles. The van der Waals surface area contributed by atoms with Gasteiger partial charge in [-0.2, -0.15) is 5.26 Å². The van der Waals surface area contributed by atoms with Crippen molar-refractivity contribution in [3.63, 3.8) is 0 Å². The summed E-state index contributed by atoms with van der Waals surface area (Å²) in [5, 5.41) is 8.90. The number of rotatable bonds is 1. The number of halogens is 2. The highest BCUT2D eigenvalue weighted by atomic mass is 79.9. The average Bonchev–Trinajstić information content (AvgIpc) is 2.53. The zero-order chi connectivity index (χ0) is 15.7. The van der Waals surface area contributed by atoms with E-state index in [1.54, 1.807) is 29.0 Å². The van der Waals surface area contributed by atoms with Gasteiger partial charge in [-0.1, -0.05) is 6.07 Å². The Morgan fingerprint density at radius 3 is 2.95 bits per heavy atom. The molecule has 22 heavy (non-hydrogen) atoms. The average molecular weight is 362 g/mol. The van der Waals surface area contributed by atoms with Crippen molar-refractivity contribution in [1.82, 2.24) is 4.57 Å². The van der Waals surface area contributed by atoms with Crippen LogP contribution in [0.5, 0.6) is 5.75 Å². The Morgan fingerprint density at radius 2 is 2.23 bits per heavy atom. The minimum atomic E-state index is -0.387. The van der Waals surface area contributed by atoms with Gasteiger partial charge in [-0.15, -0.1) is 0 Å². The first-order valence-corrected chi connectivity index (χ1v) is 7.61. The maximum absolute atomic E-state index is 14.1. The van der Waals surface area contributed by atoms with Crippen LogP contribution in [0.2, 0.25) is 0 Å². The fourth-order valence-electron chi connectivity index (χ4n) is 2.48. The van der Waals surface area contributed by atoms with E-state index in [4.69, 9.17) is 15.0 Å². The van der Waals surface area contributed by atoms with E-state index in [-0.39, 0.29) is 17.6 Å². The molecular formula is C16H13BrFN3O. The lowest BCUT2D eigenvalue weighted by Gasteiger charge is -2.24. The van der Waals surface area contributed by atoms with Crippen molar-refractivity contribution >= 4 is 15.9 Å². The molecule has 1 aromatic carbocycles. The van der Waals surface area contributed by atoms with Crippen molar-refractivity contribution < 1.29 is 9.13 Å². The molecular weight excluding hydrogens is 349 g/mol. The van der Waals surface area contributed by atoms with Gasteiger partial charge in [-0.25, -0.2) is 4.39 Å². The third-order valence-electron chi connectivity index (χ3n) is 3.60. The number of fused-ring (bicyclic) bond motifs is 1. The minimum absolute atomic E-state index is 0.162. The molecule has 0 radical (unpaired) electrons. The van der Waals surface area contributed by atoms with Gasteiger partial charge in [0.15, 0.2) is 11.6 Å². The first-order chi connectivity index (χ1) is 10.6. The van der Waals surface area contributed by atoms with E-state index in [2.05, 4.69) is 22.0 Å². The predicted octanol–water partition coefficient (Wildman–Crippen LogP) is 3.22. The number of nitrogens with zero attached hydrogens (tertiary/aromatic N) is 3. The number of aromatic nitrogens is 1. The van der Waals surface area contributed by atoms with Gasteiger partial charge in [-0.05, 0) is 34.1 Å². The third-order valence-corrected chi connectivity index (χ3v) is 4.21. The van der Waals surface area contributed by atoms with Crippen LogP contribution in [0.3, 0.4) is 0 Å². The predicted molar refractivity (Wildman–Crippen MR) is 82.6 cm³/mol. The van der Waals surface area contributed by atoms with Crippen LogP contribution in [0.4, 0.5) is 4.39 Å². The zero-order valence-corrected chi connectivity index (χ0v) is 13.5. The largest absolute Gasteiger partial charge is 0.490 e. The highest BCUT2D eigenvalue weighted by Crippen LogP contribution is 2.38. The van der Waals surface area contributed by atoms with Crippen molar-refractivity contribution in [2.45, 2.75) is 12.5 Å². The first kappa shape index (κ1) is 14.8. The van der Waals surface area contributed by atoms with Gasteiger partial charge in [0.1, 0.15) is 11.6 Å². The maximum atomic E-state index is 14.1. The van der Waals surface area contributed by atoms with Gasteiger partial charge in [0.25, 0.3) is 0 Å². The number of nitriles is 1. The molecule has 112 valence electrons. The molecule has 0 saturated carbocycles. The molecule has 1 unspecified atom stereocenters. The lowest BCUT2D eigenvalue weighted by Crippen LogP contribution is -2.21. The Balaban J connectivity index is 2.08. The number of pyridine rings is 1. The van der Waals surface area contributed by atoms with Crippen molar-refractivity contribution in [1.29, 1.82) is 5.26 Å². The SMILES string of the molecule is Cn1cc(C#N)ccc1=NC1CCOc2c1ccc(Br)c2F. The van der Waals surface area contributed by atoms with Gasteiger partial charge in [-0.3, -0.25) is 4.99 Å². The molecule has 0 amide bonds. The molecule has 1 atom stereocenters. The summed E-state index contributed by atoms with van der Waals surface area (Å²) in [7, 11) is 1.84. The summed E-state index contributed by atoms with van der Waals surface area (Å²) in [5.41, 5.74) is 2.06. The van der Waals surface area contributed by atoms with Crippen LogP contribution in [-0.4, -0.2) is 11.2 Å². The van der Waals surface area contributed by atoms with Gasteiger partial charge in [0, 0.05) is 25.2 Å². The molecule has 3 rings (SSSR count). The fraction of sp³-hybridized carbons (Fsp3) is 0.250. The first-order valence-electron chi connectivity index (χ1n) is 6.81. The van der Waals surface area contributed by atoms with Gasteiger partial charge in [0.2, 0.25) is 0 Å². The smallest absolute Gasteiger partial charge is 0.179 e. The molecule has 4 nitrogen and oxygen atoms in total. The molecule has 0 bridgehead atoms. The lowest BCUT2D eigenvalue weighted by atomic mass is 10.0. The number of benzene rings is 1. The van der Waals surface area contributed by atoms with Crippen LogP contribution in [0.15, 0.2) is 39.9 Å². The lowest BCUT2D eigenvalue weighted by molar-refractivity contribution is 0.254. The van der Waals surface area contributed by atoms with Crippen molar-refractivity contribution in [3.8, 4) is 11.8 Å². The van der Waals surface area contributed by atoms with Gasteiger partial charge in [0.05, 0.1) is 22.7 Å². The van der Waals surface area contributed by atoms with Crippen molar-refractivity contribution in [3.05, 3.63) is 57.4 Å². The van der Waals surface area contributed by atoms with E-state index >= 15 is 0 Å². The highest BCUT2D eigenvalue weighted by molar-refractivity contribution is 9.10. The second-order valence-electron chi connectivity index (χ2n) is 5.06. The zero-order valence-electron chi connectivity index (χ0n) is 11.9. The summed E-state index contributed by atoms with van der Waals surface area (Å²) in [5.74, 6) is -0.118. The summed E-state index contributed by atoms with van der Waals surface area (Å²) in [4.78, 5) is 4.70. The van der Waals surface area contributed by atoms with Crippen LogP contribution in [-0.2, 0) is 7.05 Å². The van der Waals surface area contributed by atoms with Crippen LogP contribution >= 0.6 is 15.9 Å². The Labute approximate surface area is 135 Å². The number of hydrogen-bond acceptors (Lipinski definition) is 3. The Bertz CT molecular complexity index is 838. The van der Waals surface area contributed by atoms with Crippen LogP contribution in [0.1, 0.15) is 23.6 Å². The summed E-state index contributed by atoms with van der Waals surface area (Å²) >= 11 is 3.17. The summed E-state index contributed by atoms with van der Waals surface area (Å²) < 4.78 is 21.8. The van der Waals surface area contributed by atoms with E-state index in [1.165, 1.54) is 0 Å². The second kappa shape index (κ2) is 5.93. The minimum Gasteiger partial charge on any atom is -0.490 e. The monoisotopic (exact) mass is 361 g/mol. The molecule has 0 N–H and O–H groups in total. The molecule has 0 fully saturated rings. The Morgan fingerprint density at radius 1 is 1.41 bits per heavy atom. The third kappa shape index (κ3) is 2.64. The quantitative estimate of drug-likeness (QED) is 0.782. The molecule has 2 aromatic rings. The fourth-order valence-corrected chi connectivity index (χ4v) is 2.79. The molecule has 1 aliphatic rings. The Hall–Kier alpha value is -2.13. The molecule has 1 aromatic heterocycles. The number of hydrogen-bond donors (Lipinski definition) is 0. The van der Waals surface area contributed by atoms with E-state index < -0.39 is 0 Å². The Kier molecular flexibility index (Phi) is 3.99. The summed E-state index contributed by atoms with van der Waals surface area (Å²) in [6.45, 7) is 0.425. The normalized spacial score (nSPS) is 17.5. The molecule has 1 aliphatic heterocycles. The second-order valence-corrected chi connectivity index (χ2v) is 5.91. The van der Waals surface area contributed by atoms with E-state index in [0.717, 1.165) is 11.1 Å². The molecule has 6 heteroatoms. The molecule has 2 heterocycles. The van der Waals surface area contributed by atoms with Crippen LogP contribution in [0, 0.1) is 17.1 Å². The van der Waals surface area contributed by atoms with E-state index in [0.29, 0.717) is 23.1 Å². The standard InChI is InChI=1S/C16H13BrFN3O/c1-21-9-10(8-19)2-5-14(21)20-13-6-7-22-16-11(13)3-4-12(17)15(16)18/h2-5,9,13H,6-7H2,1H3. The summed E-state index contributed by atoms with van der Waals surface area (Å²) in [6, 6.07) is 8.95. The van der Waals surface area contributed by atoms with E-state index in [1.807, 2.05) is 13.1 Å². The van der Waals surface area contributed by atoms with Crippen LogP contribution < -0.4 is 10.2 Å². The van der Waals surface area contributed by atoms with Crippen molar-refractivity contribution in [2.24, 2.45) is 12.0 Å². The number of ether oxygens (including phenoxy) is 1. The topological polar surface area (TPSA) is 50.3 Å². The van der Waals surface area contributed by atoms with E-state index in [9.17, 15) is 4.39 Å². The van der Waals surface area contributed by atoms with Crippen LogP contribution in [0.25, 0.3) is 0 Å². The molecule has 0 aliphatic carbocycles. The van der Waals surface area contributed by atoms with Gasteiger partial charge >= 0.3 is 0 Å². The highest BCUT2D eigenvalue weighted by Gasteiger charge is 2.25. The maximum Gasteiger partial charge on any atom is 0.179 e. The van der Waals surface area contributed by atoms with Gasteiger partial charge < -0.3 is 9.30 Å². The summed E-state index contributed by atoms with van der Waals surface area (Å²) in [6.07, 6.45) is 2.41.